The molecule has 0 amide bonds. The monoisotopic (exact) mass is 298 g/mol. The van der Waals surface area contributed by atoms with Crippen LogP contribution < -0.4 is 10.5 Å². The van der Waals surface area contributed by atoms with Crippen molar-refractivity contribution in [2.24, 2.45) is 0 Å². The molecule has 1 aromatic heterocycles. The van der Waals surface area contributed by atoms with Gasteiger partial charge < -0.3 is 15.6 Å². The van der Waals surface area contributed by atoms with Crippen molar-refractivity contribution >= 4 is 34.9 Å². The maximum atomic E-state index is 10.9. The maximum Gasteiger partial charge on any atom is 0.338 e. The fourth-order valence-electron chi connectivity index (χ4n) is 1.36. The molecule has 0 bridgehead atoms. The van der Waals surface area contributed by atoms with Gasteiger partial charge >= 0.3 is 5.97 Å². The van der Waals surface area contributed by atoms with E-state index >= 15 is 0 Å². The molecule has 0 radical (unpaired) electrons. The summed E-state index contributed by atoms with van der Waals surface area (Å²) >= 11 is 11.7. The first-order chi connectivity index (χ1) is 8.97. The molecule has 0 aliphatic rings. The van der Waals surface area contributed by atoms with Crippen molar-refractivity contribution in [2.45, 2.75) is 0 Å². The highest BCUT2D eigenvalue weighted by Crippen LogP contribution is 2.31. The van der Waals surface area contributed by atoms with E-state index in [1.807, 2.05) is 0 Å². The third kappa shape index (κ3) is 3.07. The van der Waals surface area contributed by atoms with Gasteiger partial charge in [0, 0.05) is 11.1 Å². The summed E-state index contributed by atoms with van der Waals surface area (Å²) in [6.45, 7) is 0. The van der Waals surface area contributed by atoms with E-state index in [-0.39, 0.29) is 17.1 Å². The molecular weight excluding hydrogens is 291 g/mol. The molecule has 0 spiro atoms. The first-order valence-electron chi connectivity index (χ1n) is 5.09. The molecule has 0 atom stereocenters. The standard InChI is InChI=1S/C12H8Cl2N2O3/c13-6-1-2-10(8(14)3-6)19-11-4-7(12(17)18)9(15)5-16-11/h1-5H,15H2,(H,17,18). The molecule has 7 heteroatoms. The van der Waals surface area contributed by atoms with Crippen molar-refractivity contribution in [1.29, 1.82) is 0 Å². The number of carboxylic acids is 1. The number of pyridine rings is 1. The lowest BCUT2D eigenvalue weighted by molar-refractivity contribution is 0.0697. The van der Waals surface area contributed by atoms with Crippen LogP contribution in [-0.2, 0) is 0 Å². The van der Waals surface area contributed by atoms with Crippen LogP contribution in [-0.4, -0.2) is 16.1 Å². The molecule has 0 saturated carbocycles. The first-order valence-corrected chi connectivity index (χ1v) is 5.84. The average molecular weight is 299 g/mol. The molecule has 98 valence electrons. The lowest BCUT2D eigenvalue weighted by Gasteiger charge is -2.08. The van der Waals surface area contributed by atoms with Crippen LogP contribution in [0.3, 0.4) is 0 Å². The molecule has 0 aliphatic carbocycles. The van der Waals surface area contributed by atoms with Crippen molar-refractivity contribution < 1.29 is 14.6 Å². The van der Waals surface area contributed by atoms with Gasteiger partial charge in [-0.15, -0.1) is 0 Å². The second-order valence-corrected chi connectivity index (χ2v) is 4.44. The number of benzene rings is 1. The number of anilines is 1. The van der Waals surface area contributed by atoms with Crippen LogP contribution in [0.1, 0.15) is 10.4 Å². The number of hydrogen-bond acceptors (Lipinski definition) is 4. The molecule has 1 aromatic carbocycles. The van der Waals surface area contributed by atoms with Gasteiger partial charge in [0.1, 0.15) is 5.75 Å². The van der Waals surface area contributed by atoms with E-state index < -0.39 is 5.97 Å². The Kier molecular flexibility index (Phi) is 3.78. The van der Waals surface area contributed by atoms with Gasteiger partial charge in [0.05, 0.1) is 22.5 Å². The molecule has 1 heterocycles. The average Bonchev–Trinajstić information content (AvgIpc) is 2.34. The quantitative estimate of drug-likeness (QED) is 0.906. The number of nitrogens with zero attached hydrogens (tertiary/aromatic N) is 1. The minimum absolute atomic E-state index is 0.0575. The summed E-state index contributed by atoms with van der Waals surface area (Å²) in [6, 6.07) is 5.89. The normalized spacial score (nSPS) is 10.2. The van der Waals surface area contributed by atoms with E-state index in [2.05, 4.69) is 4.98 Å². The third-order valence-corrected chi connectivity index (χ3v) is 2.78. The Balaban J connectivity index is 2.33. The number of ether oxygens (including phenoxy) is 1. The van der Waals surface area contributed by atoms with Crippen molar-refractivity contribution in [3.05, 3.63) is 46.1 Å². The van der Waals surface area contributed by atoms with Crippen LogP contribution in [0.25, 0.3) is 0 Å². The van der Waals surface area contributed by atoms with E-state index in [9.17, 15) is 4.79 Å². The Hall–Kier alpha value is -1.98. The zero-order valence-electron chi connectivity index (χ0n) is 9.43. The summed E-state index contributed by atoms with van der Waals surface area (Å²) in [5.41, 5.74) is 5.46. The Morgan fingerprint density at radius 3 is 2.68 bits per heavy atom. The predicted octanol–water partition coefficient (Wildman–Crippen LogP) is 3.46. The summed E-state index contributed by atoms with van der Waals surface area (Å²) in [6.07, 6.45) is 1.21. The number of carbonyl (C=O) groups is 1. The second kappa shape index (κ2) is 5.34. The largest absolute Gasteiger partial charge is 0.478 e. The lowest BCUT2D eigenvalue weighted by Crippen LogP contribution is -2.03. The number of carboxylic acid groups (broad SMARTS) is 1. The van der Waals surface area contributed by atoms with Crippen LogP contribution in [0.5, 0.6) is 11.6 Å². The number of nitrogens with two attached hydrogens (primary N) is 1. The summed E-state index contributed by atoms with van der Waals surface area (Å²) in [7, 11) is 0. The van der Waals surface area contributed by atoms with Crippen LogP contribution in [0.15, 0.2) is 30.5 Å². The minimum Gasteiger partial charge on any atom is -0.478 e. The Morgan fingerprint density at radius 1 is 1.32 bits per heavy atom. The Labute approximate surface area is 118 Å². The minimum atomic E-state index is -1.16. The Morgan fingerprint density at radius 2 is 2.05 bits per heavy atom. The smallest absolute Gasteiger partial charge is 0.338 e. The zero-order valence-corrected chi connectivity index (χ0v) is 10.9. The highest BCUT2D eigenvalue weighted by molar-refractivity contribution is 6.35. The van der Waals surface area contributed by atoms with E-state index in [4.69, 9.17) is 38.8 Å². The number of hydrogen-bond donors (Lipinski definition) is 2. The van der Waals surface area contributed by atoms with Gasteiger partial charge in [0.15, 0.2) is 0 Å². The number of aromatic carboxylic acids is 1. The predicted molar refractivity (Wildman–Crippen MR) is 72.1 cm³/mol. The first kappa shape index (κ1) is 13.5. The molecule has 0 unspecified atom stereocenters. The van der Waals surface area contributed by atoms with Gasteiger partial charge in [0.2, 0.25) is 5.88 Å². The van der Waals surface area contributed by atoms with Crippen molar-refractivity contribution in [1.82, 2.24) is 4.98 Å². The van der Waals surface area contributed by atoms with Gasteiger partial charge in [-0.05, 0) is 18.2 Å². The highest BCUT2D eigenvalue weighted by atomic mass is 35.5. The van der Waals surface area contributed by atoms with Gasteiger partial charge in [-0.3, -0.25) is 0 Å². The molecule has 0 fully saturated rings. The second-order valence-electron chi connectivity index (χ2n) is 3.59. The van der Waals surface area contributed by atoms with Crippen LogP contribution in [0, 0.1) is 0 Å². The van der Waals surface area contributed by atoms with Gasteiger partial charge in [-0.2, -0.15) is 0 Å². The van der Waals surface area contributed by atoms with Gasteiger partial charge in [0.25, 0.3) is 0 Å². The molecule has 0 saturated heterocycles. The summed E-state index contributed by atoms with van der Waals surface area (Å²) < 4.78 is 5.39. The van der Waals surface area contributed by atoms with E-state index in [1.54, 1.807) is 12.1 Å². The molecule has 2 aromatic rings. The van der Waals surface area contributed by atoms with Crippen LogP contribution in [0.4, 0.5) is 5.69 Å². The number of rotatable bonds is 3. The van der Waals surface area contributed by atoms with E-state index in [0.717, 1.165) is 0 Å². The lowest BCUT2D eigenvalue weighted by atomic mass is 10.2. The molecule has 3 N–H and O–H groups in total. The van der Waals surface area contributed by atoms with E-state index in [1.165, 1.54) is 18.3 Å². The number of aromatic nitrogens is 1. The van der Waals surface area contributed by atoms with Crippen molar-refractivity contribution in [2.75, 3.05) is 5.73 Å². The van der Waals surface area contributed by atoms with E-state index in [0.29, 0.717) is 15.8 Å². The van der Waals surface area contributed by atoms with Crippen LogP contribution >= 0.6 is 23.2 Å². The molecule has 19 heavy (non-hydrogen) atoms. The SMILES string of the molecule is Nc1cnc(Oc2ccc(Cl)cc2Cl)cc1C(=O)O. The summed E-state index contributed by atoms with van der Waals surface area (Å²) in [5, 5.41) is 9.70. The van der Waals surface area contributed by atoms with Gasteiger partial charge in [-0.25, -0.2) is 9.78 Å². The highest BCUT2D eigenvalue weighted by Gasteiger charge is 2.12. The summed E-state index contributed by atoms with van der Waals surface area (Å²) in [4.78, 5) is 14.8. The van der Waals surface area contributed by atoms with Crippen LogP contribution in [0.2, 0.25) is 10.0 Å². The Bertz CT molecular complexity index is 647. The molecule has 5 nitrogen and oxygen atoms in total. The fourth-order valence-corrected chi connectivity index (χ4v) is 1.81. The number of nitrogen functional groups attached to an aromatic ring is 1. The topological polar surface area (TPSA) is 85.4 Å². The van der Waals surface area contributed by atoms with Gasteiger partial charge in [-0.1, -0.05) is 23.2 Å². The van der Waals surface area contributed by atoms with Crippen molar-refractivity contribution in [3.8, 4) is 11.6 Å². The molecule has 0 aliphatic heterocycles. The van der Waals surface area contributed by atoms with Crippen molar-refractivity contribution in [3.63, 3.8) is 0 Å². The zero-order chi connectivity index (χ0) is 14.0. The number of halogens is 2. The summed E-state index contributed by atoms with van der Waals surface area (Å²) in [5.74, 6) is -0.762. The maximum absolute atomic E-state index is 10.9. The molecular formula is C12H8Cl2N2O3. The third-order valence-electron chi connectivity index (χ3n) is 2.25. The molecule has 2 rings (SSSR count). The fraction of sp³-hybridized carbons (Fsp3) is 0.